The SMILES string of the molecule is COCCN(CC(=O)O)C(=O)c1nn(C)c(C)c1Cl. The Morgan fingerprint density at radius 2 is 2.16 bits per heavy atom. The predicted molar refractivity (Wildman–Crippen MR) is 68.4 cm³/mol. The highest BCUT2D eigenvalue weighted by Crippen LogP contribution is 2.20. The minimum atomic E-state index is -1.10. The molecule has 0 radical (unpaired) electrons. The highest BCUT2D eigenvalue weighted by atomic mass is 35.5. The number of carboxylic acids is 1. The zero-order chi connectivity index (χ0) is 14.6. The third-order valence-electron chi connectivity index (χ3n) is 2.64. The van der Waals surface area contributed by atoms with E-state index in [4.69, 9.17) is 21.4 Å². The van der Waals surface area contributed by atoms with Crippen LogP contribution in [0.2, 0.25) is 5.02 Å². The first-order chi connectivity index (χ1) is 8.88. The summed E-state index contributed by atoms with van der Waals surface area (Å²) in [6, 6.07) is 0. The average Bonchev–Trinajstić information content (AvgIpc) is 2.61. The van der Waals surface area contributed by atoms with Crippen molar-refractivity contribution >= 4 is 23.5 Å². The monoisotopic (exact) mass is 289 g/mol. The second-order valence-corrected chi connectivity index (χ2v) is 4.36. The zero-order valence-corrected chi connectivity index (χ0v) is 11.8. The van der Waals surface area contributed by atoms with E-state index in [0.29, 0.717) is 5.69 Å². The summed E-state index contributed by atoms with van der Waals surface area (Å²) in [5.41, 5.74) is 0.700. The number of methoxy groups -OCH3 is 1. The lowest BCUT2D eigenvalue weighted by Gasteiger charge is -2.19. The maximum Gasteiger partial charge on any atom is 0.323 e. The van der Waals surface area contributed by atoms with Crippen molar-refractivity contribution in [3.8, 4) is 0 Å². The molecule has 1 N–H and O–H groups in total. The van der Waals surface area contributed by atoms with Crippen molar-refractivity contribution in [2.45, 2.75) is 6.92 Å². The molecule has 19 heavy (non-hydrogen) atoms. The number of carbonyl (C=O) groups is 2. The van der Waals surface area contributed by atoms with Gasteiger partial charge < -0.3 is 14.7 Å². The first-order valence-corrected chi connectivity index (χ1v) is 5.95. The van der Waals surface area contributed by atoms with Crippen LogP contribution in [-0.4, -0.2) is 58.5 Å². The number of rotatable bonds is 6. The molecule has 1 amide bonds. The Morgan fingerprint density at radius 1 is 1.53 bits per heavy atom. The van der Waals surface area contributed by atoms with Gasteiger partial charge in [0.1, 0.15) is 6.54 Å². The van der Waals surface area contributed by atoms with Crippen LogP contribution in [0.1, 0.15) is 16.2 Å². The number of halogens is 1. The number of carboxylic acid groups (broad SMARTS) is 1. The third-order valence-corrected chi connectivity index (χ3v) is 3.09. The van der Waals surface area contributed by atoms with Gasteiger partial charge in [0.2, 0.25) is 0 Å². The molecule has 0 aliphatic rings. The van der Waals surface area contributed by atoms with E-state index < -0.39 is 18.4 Å². The van der Waals surface area contributed by atoms with Crippen molar-refractivity contribution in [2.75, 3.05) is 26.8 Å². The van der Waals surface area contributed by atoms with Gasteiger partial charge in [0.25, 0.3) is 5.91 Å². The lowest BCUT2D eigenvalue weighted by atomic mass is 10.3. The third kappa shape index (κ3) is 3.68. The van der Waals surface area contributed by atoms with Crippen LogP contribution >= 0.6 is 11.6 Å². The van der Waals surface area contributed by atoms with Gasteiger partial charge >= 0.3 is 5.97 Å². The molecule has 0 spiro atoms. The summed E-state index contributed by atoms with van der Waals surface area (Å²) in [5, 5.41) is 13.1. The van der Waals surface area contributed by atoms with Gasteiger partial charge in [-0.3, -0.25) is 14.3 Å². The smallest absolute Gasteiger partial charge is 0.323 e. The van der Waals surface area contributed by atoms with E-state index in [9.17, 15) is 9.59 Å². The molecule has 1 rings (SSSR count). The summed E-state index contributed by atoms with van der Waals surface area (Å²) < 4.78 is 6.33. The van der Waals surface area contributed by atoms with E-state index in [1.54, 1.807) is 14.0 Å². The number of amides is 1. The molecule has 0 aromatic carbocycles. The molecule has 0 saturated carbocycles. The standard InChI is InChI=1S/C11H16ClN3O4/c1-7-9(12)10(13-14(7)2)11(18)15(4-5-19-3)6-8(16)17/h4-6H2,1-3H3,(H,16,17). The minimum absolute atomic E-state index is 0.0546. The van der Waals surface area contributed by atoms with Crippen LogP contribution in [0.15, 0.2) is 0 Å². The quantitative estimate of drug-likeness (QED) is 0.827. The zero-order valence-electron chi connectivity index (χ0n) is 11.0. The number of hydrogen-bond donors (Lipinski definition) is 1. The fourth-order valence-corrected chi connectivity index (χ4v) is 1.73. The molecule has 0 bridgehead atoms. The van der Waals surface area contributed by atoms with E-state index in [1.165, 1.54) is 11.8 Å². The number of aromatic nitrogens is 2. The molecule has 0 fully saturated rings. The highest BCUT2D eigenvalue weighted by molar-refractivity contribution is 6.34. The number of hydrogen-bond acceptors (Lipinski definition) is 4. The molecule has 0 aliphatic heterocycles. The molecule has 1 aromatic heterocycles. The van der Waals surface area contributed by atoms with Gasteiger partial charge in [-0.1, -0.05) is 11.6 Å². The Morgan fingerprint density at radius 3 is 2.58 bits per heavy atom. The van der Waals surface area contributed by atoms with Crippen LogP contribution in [0.5, 0.6) is 0 Å². The van der Waals surface area contributed by atoms with Crippen LogP contribution in [0, 0.1) is 6.92 Å². The van der Waals surface area contributed by atoms with Gasteiger partial charge in [-0.2, -0.15) is 5.10 Å². The van der Waals surface area contributed by atoms with Crippen molar-refractivity contribution in [2.24, 2.45) is 7.05 Å². The van der Waals surface area contributed by atoms with Crippen LogP contribution in [0.4, 0.5) is 0 Å². The second-order valence-electron chi connectivity index (χ2n) is 3.98. The Bertz CT molecular complexity index is 487. The molecule has 8 heteroatoms. The fourth-order valence-electron chi connectivity index (χ4n) is 1.49. The lowest BCUT2D eigenvalue weighted by Crippen LogP contribution is -2.38. The molecular formula is C11H16ClN3O4. The normalized spacial score (nSPS) is 10.5. The summed E-state index contributed by atoms with van der Waals surface area (Å²) in [6.45, 7) is 1.70. The molecule has 1 heterocycles. The summed E-state index contributed by atoms with van der Waals surface area (Å²) in [5.74, 6) is -1.62. The molecule has 7 nitrogen and oxygen atoms in total. The predicted octanol–water partition coefficient (Wildman–Crippen LogP) is 0.555. The van der Waals surface area contributed by atoms with Crippen molar-refractivity contribution in [3.05, 3.63) is 16.4 Å². The topological polar surface area (TPSA) is 84.7 Å². The number of ether oxygens (including phenoxy) is 1. The van der Waals surface area contributed by atoms with Crippen LogP contribution in [0.3, 0.4) is 0 Å². The second kappa shape index (κ2) is 6.53. The average molecular weight is 290 g/mol. The van der Waals surface area contributed by atoms with Crippen LogP contribution < -0.4 is 0 Å². The molecule has 0 aliphatic carbocycles. The molecule has 106 valence electrons. The first-order valence-electron chi connectivity index (χ1n) is 5.57. The molecular weight excluding hydrogens is 274 g/mol. The molecule has 0 unspecified atom stereocenters. The number of aliphatic carboxylic acids is 1. The summed E-state index contributed by atoms with van der Waals surface area (Å²) in [6.07, 6.45) is 0. The maximum absolute atomic E-state index is 12.2. The van der Waals surface area contributed by atoms with E-state index in [1.807, 2.05) is 0 Å². The van der Waals surface area contributed by atoms with Crippen LogP contribution in [0.25, 0.3) is 0 Å². The molecule has 0 atom stereocenters. The Labute approximate surface area is 115 Å². The van der Waals surface area contributed by atoms with Gasteiger partial charge in [0.15, 0.2) is 5.69 Å². The van der Waals surface area contributed by atoms with E-state index in [2.05, 4.69) is 5.10 Å². The molecule has 0 saturated heterocycles. The van der Waals surface area contributed by atoms with Crippen molar-refractivity contribution < 1.29 is 19.4 Å². The van der Waals surface area contributed by atoms with Gasteiger partial charge in [0, 0.05) is 20.7 Å². The maximum atomic E-state index is 12.2. The Hall–Kier alpha value is -1.60. The summed E-state index contributed by atoms with van der Waals surface area (Å²) in [4.78, 5) is 24.1. The van der Waals surface area contributed by atoms with Crippen LogP contribution in [-0.2, 0) is 16.6 Å². The van der Waals surface area contributed by atoms with E-state index in [0.717, 1.165) is 4.90 Å². The van der Waals surface area contributed by atoms with Crippen molar-refractivity contribution in [1.82, 2.24) is 14.7 Å². The summed E-state index contributed by atoms with van der Waals surface area (Å²) >= 11 is 6.01. The highest BCUT2D eigenvalue weighted by Gasteiger charge is 2.24. The number of carbonyl (C=O) groups excluding carboxylic acids is 1. The lowest BCUT2D eigenvalue weighted by molar-refractivity contribution is -0.137. The minimum Gasteiger partial charge on any atom is -0.480 e. The number of aryl methyl sites for hydroxylation is 1. The van der Waals surface area contributed by atoms with E-state index >= 15 is 0 Å². The van der Waals surface area contributed by atoms with Crippen molar-refractivity contribution in [1.29, 1.82) is 0 Å². The summed E-state index contributed by atoms with van der Waals surface area (Å²) in [7, 11) is 3.13. The first kappa shape index (κ1) is 15.5. The number of nitrogens with zero attached hydrogens (tertiary/aromatic N) is 3. The van der Waals surface area contributed by atoms with Gasteiger partial charge in [-0.15, -0.1) is 0 Å². The Balaban J connectivity index is 2.97. The van der Waals surface area contributed by atoms with Crippen molar-refractivity contribution in [3.63, 3.8) is 0 Å². The Kier molecular flexibility index (Phi) is 5.31. The molecule has 1 aromatic rings. The van der Waals surface area contributed by atoms with Gasteiger partial charge in [-0.25, -0.2) is 0 Å². The van der Waals surface area contributed by atoms with Gasteiger partial charge in [-0.05, 0) is 6.92 Å². The van der Waals surface area contributed by atoms with E-state index in [-0.39, 0.29) is 23.9 Å². The largest absolute Gasteiger partial charge is 0.480 e. The van der Waals surface area contributed by atoms with Gasteiger partial charge in [0.05, 0.1) is 17.3 Å². The fraction of sp³-hybridized carbons (Fsp3) is 0.545.